The molecular weight excluding hydrogens is 170 g/mol. The summed E-state index contributed by atoms with van der Waals surface area (Å²) < 4.78 is 0. The van der Waals surface area contributed by atoms with E-state index in [1.807, 2.05) is 11.1 Å². The third kappa shape index (κ3) is 1.52. The van der Waals surface area contributed by atoms with Gasteiger partial charge in [-0.3, -0.25) is 0 Å². The van der Waals surface area contributed by atoms with Gasteiger partial charge in [-0.25, -0.2) is 0 Å². The van der Waals surface area contributed by atoms with Crippen molar-refractivity contribution in [3.63, 3.8) is 0 Å². The van der Waals surface area contributed by atoms with Crippen molar-refractivity contribution in [2.24, 2.45) is 11.8 Å². The molecular formula is C13H21N. The highest BCUT2D eigenvalue weighted by atomic mass is 14.8. The molecule has 0 spiro atoms. The fourth-order valence-electron chi connectivity index (χ4n) is 3.72. The van der Waals surface area contributed by atoms with E-state index in [1.165, 1.54) is 58.0 Å². The van der Waals surface area contributed by atoms with Gasteiger partial charge in [-0.05, 0) is 69.9 Å². The molecule has 1 aliphatic heterocycles. The van der Waals surface area contributed by atoms with Gasteiger partial charge >= 0.3 is 0 Å². The van der Waals surface area contributed by atoms with E-state index >= 15 is 0 Å². The quantitative estimate of drug-likeness (QED) is 0.581. The molecule has 3 fully saturated rings. The van der Waals surface area contributed by atoms with E-state index in [9.17, 15) is 0 Å². The Hall–Kier alpha value is -0.300. The van der Waals surface area contributed by atoms with Gasteiger partial charge in [0.15, 0.2) is 0 Å². The zero-order valence-electron chi connectivity index (χ0n) is 9.02. The summed E-state index contributed by atoms with van der Waals surface area (Å²) in [4.78, 5) is 0. The van der Waals surface area contributed by atoms with Gasteiger partial charge in [0.25, 0.3) is 0 Å². The molecule has 0 amide bonds. The predicted molar refractivity (Wildman–Crippen MR) is 59.2 cm³/mol. The van der Waals surface area contributed by atoms with Crippen LogP contribution in [0.3, 0.4) is 0 Å². The molecule has 0 aromatic carbocycles. The molecule has 0 radical (unpaired) electrons. The van der Waals surface area contributed by atoms with Crippen molar-refractivity contribution in [3.05, 3.63) is 11.1 Å². The molecule has 1 N–H and O–H groups in total. The van der Waals surface area contributed by atoms with Crippen LogP contribution in [0, 0.1) is 11.8 Å². The highest BCUT2D eigenvalue weighted by Gasteiger charge is 2.36. The Balaban J connectivity index is 1.80. The maximum Gasteiger partial charge on any atom is -0.00115 e. The number of hydrogen-bond acceptors (Lipinski definition) is 1. The zero-order valence-corrected chi connectivity index (χ0v) is 9.02. The normalized spacial score (nSPS) is 42.9. The van der Waals surface area contributed by atoms with Gasteiger partial charge in [0.05, 0.1) is 0 Å². The van der Waals surface area contributed by atoms with Crippen LogP contribution in [-0.4, -0.2) is 13.1 Å². The van der Waals surface area contributed by atoms with Gasteiger partial charge in [-0.1, -0.05) is 11.1 Å². The smallest absolute Gasteiger partial charge is 0.00115 e. The third-order valence-electron chi connectivity index (χ3n) is 4.43. The third-order valence-corrected chi connectivity index (χ3v) is 4.43. The molecule has 2 unspecified atom stereocenters. The van der Waals surface area contributed by atoms with Crippen LogP contribution < -0.4 is 5.32 Å². The van der Waals surface area contributed by atoms with E-state index in [0.717, 1.165) is 11.8 Å². The average Bonchev–Trinajstić information content (AvgIpc) is 2.72. The van der Waals surface area contributed by atoms with Crippen LogP contribution in [0.15, 0.2) is 11.1 Å². The van der Waals surface area contributed by atoms with Crippen LogP contribution in [0.2, 0.25) is 0 Å². The van der Waals surface area contributed by atoms with Gasteiger partial charge in [0.2, 0.25) is 0 Å². The van der Waals surface area contributed by atoms with Gasteiger partial charge in [-0.15, -0.1) is 0 Å². The molecule has 0 aromatic heterocycles. The summed E-state index contributed by atoms with van der Waals surface area (Å²) in [5.74, 6) is 2.10. The van der Waals surface area contributed by atoms with Crippen molar-refractivity contribution in [2.45, 2.75) is 44.9 Å². The number of hydrogen-bond donors (Lipinski definition) is 1. The first-order chi connectivity index (χ1) is 6.93. The maximum absolute atomic E-state index is 3.51. The largest absolute Gasteiger partial charge is 0.316 e. The van der Waals surface area contributed by atoms with E-state index in [-0.39, 0.29) is 0 Å². The van der Waals surface area contributed by atoms with Crippen molar-refractivity contribution < 1.29 is 0 Å². The van der Waals surface area contributed by atoms with E-state index in [2.05, 4.69) is 5.32 Å². The molecule has 1 saturated heterocycles. The molecule has 2 bridgehead atoms. The lowest BCUT2D eigenvalue weighted by Gasteiger charge is -2.18. The molecule has 3 aliphatic rings. The van der Waals surface area contributed by atoms with Crippen LogP contribution >= 0.6 is 0 Å². The van der Waals surface area contributed by atoms with Crippen molar-refractivity contribution in [2.75, 3.05) is 13.1 Å². The summed E-state index contributed by atoms with van der Waals surface area (Å²) in [5, 5.41) is 3.51. The predicted octanol–water partition coefficient (Wildman–Crippen LogP) is 2.88. The second-order valence-electron chi connectivity index (χ2n) is 5.31. The highest BCUT2D eigenvalue weighted by Crippen LogP contribution is 2.49. The number of fused-ring (bicyclic) bond motifs is 2. The summed E-state index contributed by atoms with van der Waals surface area (Å²) in [5.41, 5.74) is 3.76. The van der Waals surface area contributed by atoms with Crippen LogP contribution in [0.25, 0.3) is 0 Å². The van der Waals surface area contributed by atoms with Gasteiger partial charge in [0.1, 0.15) is 0 Å². The molecule has 2 aliphatic carbocycles. The molecule has 1 heteroatoms. The van der Waals surface area contributed by atoms with E-state index in [0.29, 0.717) is 0 Å². The van der Waals surface area contributed by atoms with Gasteiger partial charge < -0.3 is 5.32 Å². The fraction of sp³-hybridized carbons (Fsp3) is 0.846. The van der Waals surface area contributed by atoms with Crippen LogP contribution in [-0.2, 0) is 0 Å². The molecule has 3 rings (SSSR count). The Morgan fingerprint density at radius 3 is 2.86 bits per heavy atom. The van der Waals surface area contributed by atoms with Crippen LogP contribution in [0.4, 0.5) is 0 Å². The second kappa shape index (κ2) is 3.69. The van der Waals surface area contributed by atoms with Crippen LogP contribution in [0.5, 0.6) is 0 Å². The van der Waals surface area contributed by atoms with Crippen LogP contribution in [0.1, 0.15) is 44.9 Å². The standard InChI is InChI=1S/C13H21N/c1-2-11(5-7-14-6-1)13-9-10-3-4-12(13)8-10/h10,12,14H,1-9H2/b13-11-. The Morgan fingerprint density at radius 2 is 2.07 bits per heavy atom. The van der Waals surface area contributed by atoms with Gasteiger partial charge in [0, 0.05) is 0 Å². The monoisotopic (exact) mass is 191 g/mol. The summed E-state index contributed by atoms with van der Waals surface area (Å²) in [6, 6.07) is 0. The SMILES string of the molecule is C1CNCC/C(=C2/CC3CCC2C3)C1. The lowest BCUT2D eigenvalue weighted by molar-refractivity contribution is 0.553. The Morgan fingerprint density at radius 1 is 1.07 bits per heavy atom. The van der Waals surface area contributed by atoms with Gasteiger partial charge in [-0.2, -0.15) is 0 Å². The topological polar surface area (TPSA) is 12.0 Å². The van der Waals surface area contributed by atoms with Crippen molar-refractivity contribution in [1.29, 1.82) is 0 Å². The lowest BCUT2D eigenvalue weighted by atomic mass is 9.88. The first-order valence-electron chi connectivity index (χ1n) is 6.35. The first-order valence-corrected chi connectivity index (χ1v) is 6.35. The molecule has 0 aromatic rings. The molecule has 2 atom stereocenters. The lowest BCUT2D eigenvalue weighted by Crippen LogP contribution is -2.13. The van der Waals surface area contributed by atoms with E-state index in [4.69, 9.17) is 0 Å². The molecule has 1 heterocycles. The maximum atomic E-state index is 3.51. The van der Waals surface area contributed by atoms with Crippen molar-refractivity contribution in [3.8, 4) is 0 Å². The van der Waals surface area contributed by atoms with E-state index < -0.39 is 0 Å². The first kappa shape index (κ1) is 8.96. The van der Waals surface area contributed by atoms with Crippen molar-refractivity contribution in [1.82, 2.24) is 5.32 Å². The average molecular weight is 191 g/mol. The minimum Gasteiger partial charge on any atom is -0.316 e. The zero-order chi connectivity index (χ0) is 9.38. The summed E-state index contributed by atoms with van der Waals surface area (Å²) in [6.07, 6.45) is 10.2. The summed E-state index contributed by atoms with van der Waals surface area (Å²) >= 11 is 0. The second-order valence-corrected chi connectivity index (χ2v) is 5.31. The molecule has 78 valence electrons. The fourth-order valence-corrected chi connectivity index (χ4v) is 3.72. The Bertz CT molecular complexity index is 244. The number of allylic oxidation sites excluding steroid dienone is 1. The Labute approximate surface area is 87.0 Å². The highest BCUT2D eigenvalue weighted by molar-refractivity contribution is 5.24. The number of rotatable bonds is 0. The molecule has 1 nitrogen and oxygen atoms in total. The minimum atomic E-state index is 1.02. The summed E-state index contributed by atoms with van der Waals surface area (Å²) in [7, 11) is 0. The Kier molecular flexibility index (Phi) is 2.36. The van der Waals surface area contributed by atoms with Crippen molar-refractivity contribution >= 4 is 0 Å². The van der Waals surface area contributed by atoms with E-state index in [1.54, 1.807) is 0 Å². The molecule has 14 heavy (non-hydrogen) atoms. The minimum absolute atomic E-state index is 1.02. The number of nitrogens with one attached hydrogen (secondary N) is 1. The molecule has 2 saturated carbocycles. The summed E-state index contributed by atoms with van der Waals surface area (Å²) in [6.45, 7) is 2.47.